The van der Waals surface area contributed by atoms with Crippen molar-refractivity contribution in [2.24, 2.45) is 13.0 Å². The lowest BCUT2D eigenvalue weighted by atomic mass is 9.92. The number of halogens is 1. The number of rotatable bonds is 2. The lowest BCUT2D eigenvalue weighted by molar-refractivity contribution is 0.106. The summed E-state index contributed by atoms with van der Waals surface area (Å²) < 4.78 is 1.77. The van der Waals surface area contributed by atoms with Gasteiger partial charge in [0.15, 0.2) is 0 Å². The molecule has 0 N–H and O–H groups in total. The normalized spacial score (nSPS) is 26.4. The third-order valence-corrected chi connectivity index (χ3v) is 4.61. The van der Waals surface area contributed by atoms with E-state index in [-0.39, 0.29) is 0 Å². The van der Waals surface area contributed by atoms with Crippen LogP contribution in [0.5, 0.6) is 0 Å². The highest BCUT2D eigenvalue weighted by atomic mass is 35.5. The average molecular weight is 256 g/mol. The number of aromatic nitrogens is 2. The van der Waals surface area contributed by atoms with Crippen LogP contribution >= 0.6 is 11.6 Å². The molecule has 0 spiro atoms. The molecule has 1 aromatic heterocycles. The summed E-state index contributed by atoms with van der Waals surface area (Å²) in [6.45, 7) is 8.82. The number of hydrogen-bond donors (Lipinski definition) is 0. The van der Waals surface area contributed by atoms with Crippen molar-refractivity contribution >= 4 is 11.6 Å². The van der Waals surface area contributed by atoms with Crippen molar-refractivity contribution in [3.05, 3.63) is 16.4 Å². The van der Waals surface area contributed by atoms with Crippen LogP contribution in [-0.4, -0.2) is 27.3 Å². The van der Waals surface area contributed by atoms with Gasteiger partial charge in [0.05, 0.1) is 5.69 Å². The lowest BCUT2D eigenvalue weighted by Gasteiger charge is -2.37. The van der Waals surface area contributed by atoms with Gasteiger partial charge in [0.2, 0.25) is 0 Å². The molecule has 2 rings (SSSR count). The summed E-state index contributed by atoms with van der Waals surface area (Å²) in [7, 11) is 1.90. The van der Waals surface area contributed by atoms with E-state index in [0.717, 1.165) is 23.3 Å². The van der Waals surface area contributed by atoms with Crippen LogP contribution in [-0.2, 0) is 13.6 Å². The molecule has 0 radical (unpaired) electrons. The molecule has 2 atom stereocenters. The largest absolute Gasteiger partial charge is 0.296 e. The Labute approximate surface area is 109 Å². The number of piperidine rings is 1. The lowest BCUT2D eigenvalue weighted by Crippen LogP contribution is -2.41. The van der Waals surface area contributed by atoms with E-state index in [0.29, 0.717) is 6.04 Å². The molecule has 1 fully saturated rings. The van der Waals surface area contributed by atoms with Crippen molar-refractivity contribution in [2.75, 3.05) is 6.54 Å². The van der Waals surface area contributed by atoms with Crippen molar-refractivity contribution < 1.29 is 0 Å². The fraction of sp³-hybridized carbons (Fsp3) is 0.769. The fourth-order valence-corrected chi connectivity index (χ4v) is 2.94. The van der Waals surface area contributed by atoms with Crippen molar-refractivity contribution in [3.8, 4) is 0 Å². The number of likely N-dealkylation sites (tertiary alicyclic amines) is 1. The standard InChI is InChI=1S/C13H22ClN3/c1-9-6-5-7-17(11(9)3)8-12-10(2)15-16(4)13(12)14/h9,11H,5-8H2,1-4H3. The minimum atomic E-state index is 0.638. The predicted octanol–water partition coefficient (Wildman–Crippen LogP) is 3.00. The highest BCUT2D eigenvalue weighted by molar-refractivity contribution is 6.30. The van der Waals surface area contributed by atoms with Crippen LogP contribution in [0.15, 0.2) is 0 Å². The second kappa shape index (κ2) is 4.99. The molecule has 17 heavy (non-hydrogen) atoms. The molecule has 0 bridgehead atoms. The van der Waals surface area contributed by atoms with Crippen LogP contribution in [0.2, 0.25) is 5.15 Å². The zero-order chi connectivity index (χ0) is 12.6. The van der Waals surface area contributed by atoms with Crippen LogP contribution in [0.4, 0.5) is 0 Å². The molecule has 0 saturated carbocycles. The molecular formula is C13H22ClN3. The number of nitrogens with zero attached hydrogens (tertiary/aromatic N) is 3. The topological polar surface area (TPSA) is 21.1 Å². The Morgan fingerprint density at radius 2 is 2.12 bits per heavy atom. The molecule has 2 unspecified atom stereocenters. The zero-order valence-electron chi connectivity index (χ0n) is 11.2. The number of hydrogen-bond acceptors (Lipinski definition) is 2. The van der Waals surface area contributed by atoms with Gasteiger partial charge in [-0.1, -0.05) is 18.5 Å². The molecule has 1 saturated heterocycles. The van der Waals surface area contributed by atoms with Gasteiger partial charge in [0.25, 0.3) is 0 Å². The van der Waals surface area contributed by atoms with Crippen molar-refractivity contribution in [1.82, 2.24) is 14.7 Å². The minimum Gasteiger partial charge on any atom is -0.296 e. The Balaban J connectivity index is 2.14. The molecule has 0 aromatic carbocycles. The molecule has 1 aromatic rings. The minimum absolute atomic E-state index is 0.638. The third kappa shape index (κ3) is 2.50. The first-order chi connectivity index (χ1) is 8.00. The summed E-state index contributed by atoms with van der Waals surface area (Å²) >= 11 is 6.29. The summed E-state index contributed by atoms with van der Waals surface area (Å²) in [5.41, 5.74) is 2.25. The van der Waals surface area contributed by atoms with Gasteiger partial charge in [-0.05, 0) is 39.2 Å². The zero-order valence-corrected chi connectivity index (χ0v) is 12.0. The van der Waals surface area contributed by atoms with E-state index in [1.165, 1.54) is 24.9 Å². The van der Waals surface area contributed by atoms with Crippen LogP contribution in [0.25, 0.3) is 0 Å². The van der Waals surface area contributed by atoms with Crippen molar-refractivity contribution in [2.45, 2.75) is 46.2 Å². The molecule has 2 heterocycles. The number of aryl methyl sites for hydroxylation is 2. The molecule has 96 valence electrons. The van der Waals surface area contributed by atoms with E-state index in [2.05, 4.69) is 23.8 Å². The van der Waals surface area contributed by atoms with Crippen LogP contribution < -0.4 is 0 Å². The average Bonchev–Trinajstić information content (AvgIpc) is 2.51. The Hall–Kier alpha value is -0.540. The summed E-state index contributed by atoms with van der Waals surface area (Å²) in [6, 6.07) is 0.638. The Morgan fingerprint density at radius 3 is 2.71 bits per heavy atom. The van der Waals surface area contributed by atoms with Crippen LogP contribution in [0.3, 0.4) is 0 Å². The summed E-state index contributed by atoms with van der Waals surface area (Å²) in [4.78, 5) is 2.53. The highest BCUT2D eigenvalue weighted by Gasteiger charge is 2.26. The van der Waals surface area contributed by atoms with Gasteiger partial charge in [-0.25, -0.2) is 0 Å². The molecular weight excluding hydrogens is 234 g/mol. The van der Waals surface area contributed by atoms with Gasteiger partial charge in [-0.3, -0.25) is 9.58 Å². The SMILES string of the molecule is Cc1nn(C)c(Cl)c1CN1CCCC(C)C1C. The Bertz CT molecular complexity index is 400. The first-order valence-electron chi connectivity index (χ1n) is 6.42. The molecule has 1 aliphatic heterocycles. The van der Waals surface area contributed by atoms with Crippen LogP contribution in [0, 0.1) is 12.8 Å². The predicted molar refractivity (Wildman–Crippen MR) is 71.2 cm³/mol. The quantitative estimate of drug-likeness (QED) is 0.810. The fourth-order valence-electron chi connectivity index (χ4n) is 2.70. The van der Waals surface area contributed by atoms with E-state index >= 15 is 0 Å². The molecule has 0 amide bonds. The third-order valence-electron chi connectivity index (χ3n) is 4.14. The van der Waals surface area contributed by atoms with E-state index in [1.807, 2.05) is 14.0 Å². The monoisotopic (exact) mass is 255 g/mol. The van der Waals surface area contributed by atoms with Crippen molar-refractivity contribution in [1.29, 1.82) is 0 Å². The van der Waals surface area contributed by atoms with Crippen LogP contribution in [0.1, 0.15) is 37.9 Å². The Kier molecular flexibility index (Phi) is 3.79. The van der Waals surface area contributed by atoms with Gasteiger partial charge in [-0.15, -0.1) is 0 Å². The van der Waals surface area contributed by atoms with Gasteiger partial charge in [0.1, 0.15) is 5.15 Å². The van der Waals surface area contributed by atoms with Gasteiger partial charge >= 0.3 is 0 Å². The van der Waals surface area contributed by atoms with Gasteiger partial charge < -0.3 is 0 Å². The summed E-state index contributed by atoms with van der Waals surface area (Å²) in [5, 5.41) is 5.16. The maximum atomic E-state index is 6.29. The highest BCUT2D eigenvalue weighted by Crippen LogP contribution is 2.27. The second-order valence-electron chi connectivity index (χ2n) is 5.31. The first kappa shape index (κ1) is 12.9. The summed E-state index contributed by atoms with van der Waals surface area (Å²) in [5.74, 6) is 0.777. The molecule has 4 heteroatoms. The molecule has 0 aliphatic carbocycles. The van der Waals surface area contributed by atoms with E-state index in [1.54, 1.807) is 4.68 Å². The molecule has 3 nitrogen and oxygen atoms in total. The van der Waals surface area contributed by atoms with E-state index in [4.69, 9.17) is 11.6 Å². The van der Waals surface area contributed by atoms with E-state index in [9.17, 15) is 0 Å². The maximum Gasteiger partial charge on any atom is 0.131 e. The summed E-state index contributed by atoms with van der Waals surface area (Å²) in [6.07, 6.45) is 2.64. The second-order valence-corrected chi connectivity index (χ2v) is 5.67. The van der Waals surface area contributed by atoms with Crippen molar-refractivity contribution in [3.63, 3.8) is 0 Å². The smallest absolute Gasteiger partial charge is 0.131 e. The van der Waals surface area contributed by atoms with Gasteiger partial charge in [0, 0.05) is 25.2 Å². The maximum absolute atomic E-state index is 6.29. The van der Waals surface area contributed by atoms with Gasteiger partial charge in [-0.2, -0.15) is 5.10 Å². The first-order valence-corrected chi connectivity index (χ1v) is 6.80. The van der Waals surface area contributed by atoms with E-state index < -0.39 is 0 Å². The molecule has 1 aliphatic rings. The Morgan fingerprint density at radius 1 is 1.41 bits per heavy atom.